The van der Waals surface area contributed by atoms with E-state index >= 15 is 0 Å². The number of carbonyl (C=O) groups is 1. The van der Waals surface area contributed by atoms with E-state index in [1.807, 2.05) is 0 Å². The maximum atomic E-state index is 12.7. The molecule has 0 aromatic heterocycles. The largest absolute Gasteiger partial charge is 0.466 e. The molecule has 1 aromatic rings. The van der Waals surface area contributed by atoms with Crippen LogP contribution in [0.1, 0.15) is 23.6 Å². The number of thiol groups is 1. The van der Waals surface area contributed by atoms with Gasteiger partial charge < -0.3 is 4.74 Å². The Morgan fingerprint density at radius 2 is 2.11 bits per heavy atom. The van der Waals surface area contributed by atoms with Crippen LogP contribution < -0.4 is 0 Å². The Bertz CT molecular complexity index is 535. The normalized spacial score (nSPS) is 10.9. The Kier molecular flexibility index (Phi) is 4.84. The number of ether oxygens (including phenoxy) is 1. The lowest BCUT2D eigenvalue weighted by molar-refractivity contribution is -0.142. The van der Waals surface area contributed by atoms with Gasteiger partial charge in [-0.1, -0.05) is 0 Å². The highest BCUT2D eigenvalue weighted by Crippen LogP contribution is 2.34. The molecular formula is C12H10F3NO2S. The molecule has 1 aromatic carbocycles. The summed E-state index contributed by atoms with van der Waals surface area (Å²) in [6.07, 6.45) is -4.86. The van der Waals surface area contributed by atoms with E-state index in [2.05, 4.69) is 12.6 Å². The molecule has 0 saturated carbocycles. The van der Waals surface area contributed by atoms with Crippen LogP contribution >= 0.6 is 12.6 Å². The van der Waals surface area contributed by atoms with Crippen molar-refractivity contribution in [1.82, 2.24) is 0 Å². The van der Waals surface area contributed by atoms with Gasteiger partial charge in [0.05, 0.1) is 30.2 Å². The lowest BCUT2D eigenvalue weighted by Gasteiger charge is -2.12. The molecule has 0 aliphatic heterocycles. The van der Waals surface area contributed by atoms with Gasteiger partial charge in [0.1, 0.15) is 0 Å². The van der Waals surface area contributed by atoms with Crippen molar-refractivity contribution in [3.63, 3.8) is 0 Å². The lowest BCUT2D eigenvalue weighted by atomic mass is 10.0. The maximum Gasteiger partial charge on any atom is 0.417 e. The molecule has 1 rings (SSSR count). The van der Waals surface area contributed by atoms with E-state index in [0.717, 1.165) is 12.1 Å². The molecule has 7 heteroatoms. The van der Waals surface area contributed by atoms with Gasteiger partial charge in [0.2, 0.25) is 0 Å². The zero-order valence-corrected chi connectivity index (χ0v) is 10.8. The van der Waals surface area contributed by atoms with Crippen LogP contribution in [0.25, 0.3) is 0 Å². The van der Waals surface area contributed by atoms with Crippen molar-refractivity contribution in [3.8, 4) is 6.07 Å². The van der Waals surface area contributed by atoms with E-state index < -0.39 is 23.3 Å². The molecule has 0 bridgehead atoms. The molecule has 0 aliphatic carbocycles. The van der Waals surface area contributed by atoms with Crippen LogP contribution in [0.3, 0.4) is 0 Å². The average molecular weight is 289 g/mol. The highest BCUT2D eigenvalue weighted by molar-refractivity contribution is 7.80. The number of nitriles is 1. The second kappa shape index (κ2) is 5.97. The molecule has 0 spiro atoms. The van der Waals surface area contributed by atoms with Crippen LogP contribution in [0, 0.1) is 11.3 Å². The van der Waals surface area contributed by atoms with E-state index in [0.29, 0.717) is 0 Å². The molecule has 0 atom stereocenters. The summed E-state index contributed by atoms with van der Waals surface area (Å²) in [5, 5.41) is 8.74. The van der Waals surface area contributed by atoms with Crippen LogP contribution in [-0.2, 0) is 22.1 Å². The number of carbonyl (C=O) groups excluding carboxylic acids is 1. The smallest absolute Gasteiger partial charge is 0.417 e. The molecule has 0 heterocycles. The van der Waals surface area contributed by atoms with Gasteiger partial charge in [-0.15, -0.1) is 12.6 Å². The first-order chi connectivity index (χ1) is 8.79. The first kappa shape index (κ1) is 15.4. The van der Waals surface area contributed by atoms with Gasteiger partial charge in [0.15, 0.2) is 0 Å². The minimum Gasteiger partial charge on any atom is -0.466 e. The van der Waals surface area contributed by atoms with Crippen LogP contribution in [0.4, 0.5) is 13.2 Å². The van der Waals surface area contributed by atoms with Crippen LogP contribution in [-0.4, -0.2) is 12.6 Å². The van der Waals surface area contributed by atoms with Gasteiger partial charge in [-0.3, -0.25) is 4.79 Å². The predicted octanol–water partition coefficient (Wildman–Crippen LogP) is 2.97. The summed E-state index contributed by atoms with van der Waals surface area (Å²) in [7, 11) is 0. The van der Waals surface area contributed by atoms with Crippen LogP contribution in [0.15, 0.2) is 17.0 Å². The molecule has 19 heavy (non-hydrogen) atoms. The minimum absolute atomic E-state index is 0.000576. The van der Waals surface area contributed by atoms with Gasteiger partial charge in [0.25, 0.3) is 0 Å². The predicted molar refractivity (Wildman–Crippen MR) is 63.7 cm³/mol. The summed E-state index contributed by atoms with van der Waals surface area (Å²) in [4.78, 5) is 11.3. The van der Waals surface area contributed by atoms with Crippen molar-refractivity contribution >= 4 is 18.6 Å². The third-order valence-corrected chi connectivity index (χ3v) is 2.70. The average Bonchev–Trinajstić information content (AvgIpc) is 2.30. The standard InChI is InChI=1S/C12H10F3NO2S/c1-2-18-11(17)4-7-3-8(6-16)9(5-10(7)19)12(13,14)15/h3,5,19H,2,4H2,1H3. The first-order valence-corrected chi connectivity index (χ1v) is 5.73. The fourth-order valence-corrected chi connectivity index (χ4v) is 1.74. The SMILES string of the molecule is CCOC(=O)Cc1cc(C#N)c(C(F)(F)F)cc1S. The zero-order valence-electron chi connectivity index (χ0n) is 9.91. The molecule has 0 fully saturated rings. The monoisotopic (exact) mass is 289 g/mol. The van der Waals surface area contributed by atoms with Crippen molar-refractivity contribution in [3.05, 3.63) is 28.8 Å². The van der Waals surface area contributed by atoms with E-state index in [9.17, 15) is 18.0 Å². The number of benzene rings is 1. The van der Waals surface area contributed by atoms with Crippen LogP contribution in [0.5, 0.6) is 0 Å². The highest BCUT2D eigenvalue weighted by Gasteiger charge is 2.34. The topological polar surface area (TPSA) is 50.1 Å². The van der Waals surface area contributed by atoms with Crippen molar-refractivity contribution in [1.29, 1.82) is 5.26 Å². The summed E-state index contributed by atoms with van der Waals surface area (Å²) < 4.78 is 42.7. The molecule has 0 amide bonds. The van der Waals surface area contributed by atoms with E-state index in [4.69, 9.17) is 10.00 Å². The van der Waals surface area contributed by atoms with Crippen molar-refractivity contribution in [2.75, 3.05) is 6.61 Å². The number of halogens is 3. The number of nitrogens with zero attached hydrogens (tertiary/aromatic N) is 1. The molecule has 0 N–H and O–H groups in total. The maximum absolute atomic E-state index is 12.7. The molecule has 3 nitrogen and oxygen atoms in total. The highest BCUT2D eigenvalue weighted by atomic mass is 32.1. The Balaban J connectivity index is 3.18. The summed E-state index contributed by atoms with van der Waals surface area (Å²) in [5.74, 6) is -0.582. The summed E-state index contributed by atoms with van der Waals surface area (Å²) in [5.41, 5.74) is -1.37. The van der Waals surface area contributed by atoms with E-state index in [1.54, 1.807) is 6.92 Å². The number of rotatable bonds is 3. The van der Waals surface area contributed by atoms with E-state index in [-0.39, 0.29) is 23.5 Å². The molecular weight excluding hydrogens is 279 g/mol. The summed E-state index contributed by atoms with van der Waals surface area (Å²) in [6.45, 7) is 1.79. The summed E-state index contributed by atoms with van der Waals surface area (Å²) in [6, 6.07) is 3.23. The fraction of sp³-hybridized carbons (Fsp3) is 0.333. The Morgan fingerprint density at radius 3 is 2.58 bits per heavy atom. The quantitative estimate of drug-likeness (QED) is 0.687. The zero-order chi connectivity index (χ0) is 14.6. The second-order valence-corrected chi connectivity index (χ2v) is 4.10. The van der Waals surface area contributed by atoms with Crippen molar-refractivity contribution in [2.24, 2.45) is 0 Å². The third-order valence-electron chi connectivity index (χ3n) is 2.28. The van der Waals surface area contributed by atoms with Crippen LogP contribution in [0.2, 0.25) is 0 Å². The lowest BCUT2D eigenvalue weighted by Crippen LogP contribution is -2.12. The van der Waals surface area contributed by atoms with E-state index in [1.165, 1.54) is 6.07 Å². The number of hydrogen-bond donors (Lipinski definition) is 1. The molecule has 0 radical (unpaired) electrons. The number of esters is 1. The third kappa shape index (κ3) is 3.89. The fourth-order valence-electron chi connectivity index (χ4n) is 1.47. The molecule has 0 aliphatic rings. The number of alkyl halides is 3. The van der Waals surface area contributed by atoms with Gasteiger partial charge >= 0.3 is 12.1 Å². The Morgan fingerprint density at radius 1 is 1.47 bits per heavy atom. The Hall–Kier alpha value is -1.68. The Labute approximate surface area is 113 Å². The van der Waals surface area contributed by atoms with Crippen molar-refractivity contribution in [2.45, 2.75) is 24.4 Å². The second-order valence-electron chi connectivity index (χ2n) is 3.62. The van der Waals surface area contributed by atoms with Gasteiger partial charge in [-0.2, -0.15) is 18.4 Å². The first-order valence-electron chi connectivity index (χ1n) is 5.28. The number of hydrogen-bond acceptors (Lipinski definition) is 4. The van der Waals surface area contributed by atoms with Gasteiger partial charge in [0, 0.05) is 4.90 Å². The van der Waals surface area contributed by atoms with Crippen molar-refractivity contribution < 1.29 is 22.7 Å². The summed E-state index contributed by atoms with van der Waals surface area (Å²) >= 11 is 3.91. The molecule has 102 valence electrons. The van der Waals surface area contributed by atoms with Gasteiger partial charge in [-0.05, 0) is 24.6 Å². The molecule has 0 unspecified atom stereocenters. The minimum atomic E-state index is -4.63. The molecule has 0 saturated heterocycles. The van der Waals surface area contributed by atoms with Gasteiger partial charge in [-0.25, -0.2) is 0 Å².